The van der Waals surface area contributed by atoms with Crippen LogP contribution in [0.1, 0.15) is 41.4 Å². The minimum atomic E-state index is -0.198. The molecule has 6 heteroatoms. The summed E-state index contributed by atoms with van der Waals surface area (Å²) in [6.07, 6.45) is 3.53. The Kier molecular flexibility index (Phi) is 5.93. The number of amides is 1. The number of aromatic nitrogens is 2. The molecule has 0 atom stereocenters. The quantitative estimate of drug-likeness (QED) is 0.784. The van der Waals surface area contributed by atoms with Gasteiger partial charge >= 0.3 is 0 Å². The van der Waals surface area contributed by atoms with E-state index in [4.69, 9.17) is 11.6 Å². The fourth-order valence-electron chi connectivity index (χ4n) is 2.20. The standard InChI is InChI=1S/C17H21ClN4O/c1-4-5-7-19-16(23)14-6-8-20-17(21-14)22-15-12(3)9-11(2)10-13(15)18/h6,8-10H,4-5,7H2,1-3H3,(H,19,23)(H,20,21,22). The molecule has 0 spiro atoms. The van der Waals surface area contributed by atoms with E-state index >= 15 is 0 Å². The van der Waals surface area contributed by atoms with Gasteiger partial charge in [-0.25, -0.2) is 9.97 Å². The molecule has 0 bridgehead atoms. The van der Waals surface area contributed by atoms with Crippen LogP contribution in [0.5, 0.6) is 0 Å². The third-order valence-electron chi connectivity index (χ3n) is 3.37. The molecule has 2 aromatic rings. The van der Waals surface area contributed by atoms with Crippen LogP contribution in [0, 0.1) is 13.8 Å². The van der Waals surface area contributed by atoms with Crippen molar-refractivity contribution in [1.29, 1.82) is 0 Å². The van der Waals surface area contributed by atoms with Gasteiger partial charge in [0.2, 0.25) is 5.95 Å². The largest absolute Gasteiger partial charge is 0.351 e. The van der Waals surface area contributed by atoms with Gasteiger partial charge in [-0.1, -0.05) is 31.0 Å². The molecule has 2 N–H and O–H groups in total. The molecule has 1 aromatic carbocycles. The molecule has 122 valence electrons. The second-order valence-electron chi connectivity index (χ2n) is 5.44. The summed E-state index contributed by atoms with van der Waals surface area (Å²) in [6, 6.07) is 5.49. The molecule has 5 nitrogen and oxygen atoms in total. The van der Waals surface area contributed by atoms with E-state index in [1.807, 2.05) is 26.0 Å². The van der Waals surface area contributed by atoms with E-state index < -0.39 is 0 Å². The molecule has 23 heavy (non-hydrogen) atoms. The van der Waals surface area contributed by atoms with Crippen molar-refractivity contribution < 1.29 is 4.79 Å². The van der Waals surface area contributed by atoms with Crippen LogP contribution in [0.2, 0.25) is 5.02 Å². The second-order valence-corrected chi connectivity index (χ2v) is 5.85. The van der Waals surface area contributed by atoms with Gasteiger partial charge in [-0.3, -0.25) is 4.79 Å². The van der Waals surface area contributed by atoms with Crippen molar-refractivity contribution in [3.8, 4) is 0 Å². The van der Waals surface area contributed by atoms with Crippen LogP contribution in [-0.2, 0) is 0 Å². The molecule has 0 aliphatic rings. The number of unbranched alkanes of at least 4 members (excludes halogenated alkanes) is 1. The molecule has 0 saturated carbocycles. The van der Waals surface area contributed by atoms with Gasteiger partial charge < -0.3 is 10.6 Å². The van der Waals surface area contributed by atoms with Gasteiger partial charge in [0.1, 0.15) is 5.69 Å². The number of halogens is 1. The van der Waals surface area contributed by atoms with Crippen molar-refractivity contribution in [1.82, 2.24) is 15.3 Å². The van der Waals surface area contributed by atoms with Crippen molar-refractivity contribution in [2.45, 2.75) is 33.6 Å². The number of aryl methyl sites for hydroxylation is 2. The van der Waals surface area contributed by atoms with E-state index in [1.54, 1.807) is 12.3 Å². The zero-order chi connectivity index (χ0) is 16.8. The van der Waals surface area contributed by atoms with Crippen LogP contribution < -0.4 is 10.6 Å². The SMILES string of the molecule is CCCCNC(=O)c1ccnc(Nc2c(C)cc(C)cc2Cl)n1. The lowest BCUT2D eigenvalue weighted by atomic mass is 10.1. The summed E-state index contributed by atoms with van der Waals surface area (Å²) in [4.78, 5) is 20.5. The van der Waals surface area contributed by atoms with Crippen LogP contribution in [0.4, 0.5) is 11.6 Å². The van der Waals surface area contributed by atoms with Gasteiger partial charge in [0, 0.05) is 12.7 Å². The average Bonchev–Trinajstić information content (AvgIpc) is 2.51. The number of carbonyl (C=O) groups excluding carboxylic acids is 1. The first-order chi connectivity index (χ1) is 11.0. The maximum atomic E-state index is 12.0. The summed E-state index contributed by atoms with van der Waals surface area (Å²) in [5.74, 6) is 0.151. The van der Waals surface area contributed by atoms with Crippen molar-refractivity contribution in [2.24, 2.45) is 0 Å². The molecule has 1 heterocycles. The lowest BCUT2D eigenvalue weighted by molar-refractivity contribution is 0.0948. The normalized spacial score (nSPS) is 10.4. The van der Waals surface area contributed by atoms with Gasteiger partial charge in [-0.2, -0.15) is 0 Å². The lowest BCUT2D eigenvalue weighted by Gasteiger charge is -2.12. The zero-order valence-electron chi connectivity index (χ0n) is 13.6. The first kappa shape index (κ1) is 17.2. The molecule has 0 fully saturated rings. The van der Waals surface area contributed by atoms with E-state index in [9.17, 15) is 4.79 Å². The topological polar surface area (TPSA) is 66.9 Å². The highest BCUT2D eigenvalue weighted by molar-refractivity contribution is 6.33. The summed E-state index contributed by atoms with van der Waals surface area (Å²) in [5.41, 5.74) is 3.17. The third-order valence-corrected chi connectivity index (χ3v) is 3.67. The zero-order valence-corrected chi connectivity index (χ0v) is 14.4. The number of carbonyl (C=O) groups is 1. The van der Waals surface area contributed by atoms with E-state index in [2.05, 4.69) is 27.5 Å². The summed E-state index contributed by atoms with van der Waals surface area (Å²) < 4.78 is 0. The van der Waals surface area contributed by atoms with Crippen LogP contribution in [0.15, 0.2) is 24.4 Å². The van der Waals surface area contributed by atoms with E-state index in [1.165, 1.54) is 0 Å². The first-order valence-electron chi connectivity index (χ1n) is 7.66. The Morgan fingerprint density at radius 1 is 1.30 bits per heavy atom. The predicted octanol–water partition coefficient (Wildman–Crippen LogP) is 4.02. The Labute approximate surface area is 141 Å². The first-order valence-corrected chi connectivity index (χ1v) is 8.04. The summed E-state index contributed by atoms with van der Waals surface area (Å²) in [6.45, 7) is 6.67. The number of rotatable bonds is 6. The average molecular weight is 333 g/mol. The fraction of sp³-hybridized carbons (Fsp3) is 0.353. The third kappa shape index (κ3) is 4.66. The molecule has 1 aromatic heterocycles. The Hall–Kier alpha value is -2.14. The molecule has 0 unspecified atom stereocenters. The maximum absolute atomic E-state index is 12.0. The number of nitrogens with one attached hydrogen (secondary N) is 2. The van der Waals surface area contributed by atoms with Crippen LogP contribution in [-0.4, -0.2) is 22.4 Å². The second kappa shape index (κ2) is 7.92. The van der Waals surface area contributed by atoms with Gasteiger partial charge in [0.05, 0.1) is 10.7 Å². The summed E-state index contributed by atoms with van der Waals surface area (Å²) >= 11 is 6.27. The minimum Gasteiger partial charge on any atom is -0.351 e. The highest BCUT2D eigenvalue weighted by Gasteiger charge is 2.11. The van der Waals surface area contributed by atoms with Crippen LogP contribution in [0.3, 0.4) is 0 Å². The smallest absolute Gasteiger partial charge is 0.270 e. The van der Waals surface area contributed by atoms with Gasteiger partial charge in [0.25, 0.3) is 5.91 Å². The molecule has 0 aliphatic carbocycles. The number of nitrogens with zero attached hydrogens (tertiary/aromatic N) is 2. The molecule has 0 radical (unpaired) electrons. The lowest BCUT2D eigenvalue weighted by Crippen LogP contribution is -2.25. The van der Waals surface area contributed by atoms with Crippen molar-refractivity contribution in [3.05, 3.63) is 46.2 Å². The molecule has 0 saturated heterocycles. The van der Waals surface area contributed by atoms with Crippen molar-refractivity contribution >= 4 is 29.1 Å². The van der Waals surface area contributed by atoms with E-state index in [-0.39, 0.29) is 5.91 Å². The van der Waals surface area contributed by atoms with E-state index in [0.29, 0.717) is 23.2 Å². The molecule has 2 rings (SSSR count). The molecule has 1 amide bonds. The highest BCUT2D eigenvalue weighted by atomic mass is 35.5. The number of benzene rings is 1. The van der Waals surface area contributed by atoms with Crippen molar-refractivity contribution in [3.63, 3.8) is 0 Å². The van der Waals surface area contributed by atoms with Crippen LogP contribution in [0.25, 0.3) is 0 Å². The Balaban J connectivity index is 2.16. The summed E-state index contributed by atoms with van der Waals surface area (Å²) in [7, 11) is 0. The molecule has 0 aliphatic heterocycles. The Morgan fingerprint density at radius 3 is 2.78 bits per heavy atom. The predicted molar refractivity (Wildman–Crippen MR) is 93.5 cm³/mol. The van der Waals surface area contributed by atoms with Gasteiger partial charge in [-0.05, 0) is 43.5 Å². The number of hydrogen-bond acceptors (Lipinski definition) is 4. The van der Waals surface area contributed by atoms with Gasteiger partial charge in [0.15, 0.2) is 0 Å². The minimum absolute atomic E-state index is 0.198. The Bertz CT molecular complexity index is 680. The van der Waals surface area contributed by atoms with E-state index in [0.717, 1.165) is 29.7 Å². The van der Waals surface area contributed by atoms with Gasteiger partial charge in [-0.15, -0.1) is 0 Å². The number of hydrogen-bond donors (Lipinski definition) is 2. The van der Waals surface area contributed by atoms with Crippen LogP contribution >= 0.6 is 11.6 Å². The van der Waals surface area contributed by atoms with Crippen molar-refractivity contribution in [2.75, 3.05) is 11.9 Å². The highest BCUT2D eigenvalue weighted by Crippen LogP contribution is 2.29. The maximum Gasteiger partial charge on any atom is 0.270 e. The fourth-order valence-corrected chi connectivity index (χ4v) is 2.57. The summed E-state index contributed by atoms with van der Waals surface area (Å²) in [5, 5.41) is 6.54. The molecular weight excluding hydrogens is 312 g/mol. The number of anilines is 2. The Morgan fingerprint density at radius 2 is 2.09 bits per heavy atom. The monoisotopic (exact) mass is 332 g/mol. The molecular formula is C17H21ClN4O.